The van der Waals surface area contributed by atoms with Crippen LogP contribution in [0.5, 0.6) is 0 Å². The van der Waals surface area contributed by atoms with Crippen LogP contribution in [0.15, 0.2) is 10.3 Å². The van der Waals surface area contributed by atoms with Crippen molar-refractivity contribution in [3.63, 3.8) is 0 Å². The van der Waals surface area contributed by atoms with E-state index in [0.29, 0.717) is 0 Å². The van der Waals surface area contributed by atoms with Crippen LogP contribution in [0.1, 0.15) is 20.8 Å². The Balaban J connectivity index is 4.69. The van der Waals surface area contributed by atoms with Crippen molar-refractivity contribution >= 4 is 23.8 Å². The van der Waals surface area contributed by atoms with Crippen molar-refractivity contribution in [2.24, 2.45) is 16.3 Å². The third kappa shape index (κ3) is 8.80. The predicted octanol–water partition coefficient (Wildman–Crippen LogP) is -1.05. The van der Waals surface area contributed by atoms with Gasteiger partial charge in [0, 0.05) is 14.1 Å². The molecule has 4 amide bonds. The summed E-state index contributed by atoms with van der Waals surface area (Å²) in [6.45, 7) is 4.83. The molecule has 12 nitrogen and oxygen atoms in total. The first-order chi connectivity index (χ1) is 12.1. The lowest BCUT2D eigenvalue weighted by Gasteiger charge is -2.24. The quantitative estimate of drug-likeness (QED) is 0.314. The van der Waals surface area contributed by atoms with E-state index in [2.05, 4.69) is 31.1 Å². The molecular weight excluding hydrogens is 346 g/mol. The molecule has 0 aromatic carbocycles. The van der Waals surface area contributed by atoms with Gasteiger partial charge in [0.05, 0.1) is 7.05 Å². The Labute approximate surface area is 152 Å². The summed E-state index contributed by atoms with van der Waals surface area (Å²) >= 11 is 0. The molecule has 2 atom stereocenters. The molecule has 0 bridgehead atoms. The monoisotopic (exact) mass is 373 g/mol. The fraction of sp³-hybridized carbons (Fsp3) is 0.714. The highest BCUT2D eigenvalue weighted by Crippen LogP contribution is 2.03. The van der Waals surface area contributed by atoms with E-state index in [-0.39, 0.29) is 12.5 Å². The average Bonchev–Trinajstić information content (AvgIpc) is 2.56. The van der Waals surface area contributed by atoms with Gasteiger partial charge in [0.1, 0.15) is 18.6 Å². The summed E-state index contributed by atoms with van der Waals surface area (Å²) in [5.74, 6) is -1.92. The van der Waals surface area contributed by atoms with Crippen molar-refractivity contribution in [1.82, 2.24) is 26.4 Å². The average molecular weight is 373 g/mol. The number of carbonyl (C=O) groups is 4. The lowest BCUT2D eigenvalue weighted by Crippen LogP contribution is -2.55. The molecule has 0 aromatic heterocycles. The second-order valence-corrected chi connectivity index (χ2v) is 5.73. The second-order valence-electron chi connectivity index (χ2n) is 5.73. The molecule has 0 heterocycles. The molecule has 0 aromatic rings. The zero-order valence-electron chi connectivity index (χ0n) is 15.8. The maximum Gasteiger partial charge on any atom is 0.431 e. The van der Waals surface area contributed by atoms with Crippen molar-refractivity contribution in [2.45, 2.75) is 32.9 Å². The minimum absolute atomic E-state index is 0.0795. The van der Waals surface area contributed by atoms with Crippen LogP contribution in [-0.2, 0) is 19.2 Å². The number of likely N-dealkylation sites (N-methyl/N-ethyl adjacent to an activating group) is 1. The Bertz CT molecular complexity index is 538. The lowest BCUT2D eigenvalue weighted by molar-refractivity contribution is -0.136. The number of hydrogen-bond donors (Lipinski definition) is 4. The number of hydrogen-bond acceptors (Lipinski definition) is 7. The molecule has 26 heavy (non-hydrogen) atoms. The highest BCUT2D eigenvalue weighted by Gasteiger charge is 2.27. The van der Waals surface area contributed by atoms with Gasteiger partial charge in [-0.25, -0.2) is 4.79 Å². The van der Waals surface area contributed by atoms with Gasteiger partial charge in [-0.05, 0) is 12.8 Å². The summed E-state index contributed by atoms with van der Waals surface area (Å²) in [7, 11) is 4.36. The van der Waals surface area contributed by atoms with Crippen molar-refractivity contribution in [1.29, 1.82) is 0 Å². The molecule has 0 aliphatic rings. The van der Waals surface area contributed by atoms with E-state index in [9.17, 15) is 19.2 Å². The topological polar surface area (TPSA) is 154 Å². The highest BCUT2D eigenvalue weighted by molar-refractivity contribution is 5.92. The number of nitrogens with one attached hydrogen (secondary N) is 4. The normalized spacial score (nSPS) is 12.9. The standard InChI is InChI=1S/C14H27N7O5/c1-8(2)11(18-10(22)7-21(6)20-16-5)13(24)17-9(3)12(23)19-26-14(25)15-4/h8-9,11H,7H2,1-6H3,(H,15,25)(H,17,24)(H,18,22)(H,19,23)/t9-,11-/m0/s1. The van der Waals surface area contributed by atoms with E-state index in [1.807, 2.05) is 5.48 Å². The minimum Gasteiger partial charge on any atom is -0.343 e. The van der Waals surface area contributed by atoms with Gasteiger partial charge in [0.2, 0.25) is 11.8 Å². The molecule has 0 radical (unpaired) electrons. The van der Waals surface area contributed by atoms with Crippen LogP contribution in [0.2, 0.25) is 0 Å². The van der Waals surface area contributed by atoms with Gasteiger partial charge in [-0.3, -0.25) is 19.4 Å². The maximum absolute atomic E-state index is 12.4. The number of hydroxylamine groups is 1. The van der Waals surface area contributed by atoms with E-state index in [1.54, 1.807) is 20.9 Å². The smallest absolute Gasteiger partial charge is 0.343 e. The Morgan fingerprint density at radius 3 is 2.19 bits per heavy atom. The zero-order chi connectivity index (χ0) is 20.3. The third-order valence-electron chi connectivity index (χ3n) is 3.08. The van der Waals surface area contributed by atoms with Gasteiger partial charge in [-0.15, -0.1) is 0 Å². The Kier molecular flexibility index (Phi) is 10.3. The molecule has 0 aliphatic carbocycles. The summed E-state index contributed by atoms with van der Waals surface area (Å²) < 4.78 is 0. The summed E-state index contributed by atoms with van der Waals surface area (Å²) in [6.07, 6.45) is -0.849. The van der Waals surface area contributed by atoms with Crippen molar-refractivity contribution < 1.29 is 24.0 Å². The molecular formula is C14H27N7O5. The Hall–Kier alpha value is -2.92. The van der Waals surface area contributed by atoms with Crippen LogP contribution in [0, 0.1) is 5.92 Å². The third-order valence-corrected chi connectivity index (χ3v) is 3.08. The Morgan fingerprint density at radius 1 is 1.08 bits per heavy atom. The van der Waals surface area contributed by atoms with Crippen LogP contribution >= 0.6 is 0 Å². The summed E-state index contributed by atoms with van der Waals surface area (Å²) in [5, 5.41) is 15.7. The first-order valence-corrected chi connectivity index (χ1v) is 7.91. The first-order valence-electron chi connectivity index (χ1n) is 7.91. The molecule has 0 spiro atoms. The molecule has 0 rings (SSSR count). The molecule has 0 saturated heterocycles. The van der Waals surface area contributed by atoms with Crippen LogP contribution < -0.4 is 21.4 Å². The highest BCUT2D eigenvalue weighted by atomic mass is 16.7. The van der Waals surface area contributed by atoms with E-state index < -0.39 is 35.9 Å². The largest absolute Gasteiger partial charge is 0.431 e. The Morgan fingerprint density at radius 2 is 1.69 bits per heavy atom. The minimum atomic E-state index is -0.984. The van der Waals surface area contributed by atoms with Gasteiger partial charge in [-0.2, -0.15) is 10.6 Å². The number of amides is 4. The van der Waals surface area contributed by atoms with Crippen molar-refractivity contribution in [3.8, 4) is 0 Å². The predicted molar refractivity (Wildman–Crippen MR) is 91.5 cm³/mol. The van der Waals surface area contributed by atoms with Crippen LogP contribution in [0.25, 0.3) is 0 Å². The summed E-state index contributed by atoms with van der Waals surface area (Å²) in [6, 6.07) is -1.84. The van der Waals surface area contributed by atoms with E-state index in [1.165, 1.54) is 26.0 Å². The van der Waals surface area contributed by atoms with Crippen molar-refractivity contribution in [3.05, 3.63) is 0 Å². The van der Waals surface area contributed by atoms with Crippen LogP contribution in [-0.4, -0.2) is 68.6 Å². The lowest BCUT2D eigenvalue weighted by atomic mass is 10.0. The molecule has 0 saturated carbocycles. The van der Waals surface area contributed by atoms with E-state index in [4.69, 9.17) is 0 Å². The SMILES string of the molecule is CN=NN(C)CC(=O)N[C@H](C(=O)N[C@@H](C)C(=O)NOC(=O)NC)C(C)C. The first kappa shape index (κ1) is 23.1. The molecule has 148 valence electrons. The summed E-state index contributed by atoms with van der Waals surface area (Å²) in [5.41, 5.74) is 1.91. The molecule has 0 aliphatic heterocycles. The summed E-state index contributed by atoms with van der Waals surface area (Å²) in [4.78, 5) is 51.5. The van der Waals surface area contributed by atoms with Gasteiger partial charge in [0.25, 0.3) is 5.91 Å². The molecule has 4 N–H and O–H groups in total. The molecule has 0 unspecified atom stereocenters. The fourth-order valence-corrected chi connectivity index (χ4v) is 1.75. The molecule has 0 fully saturated rings. The van der Waals surface area contributed by atoms with Crippen LogP contribution in [0.3, 0.4) is 0 Å². The number of carbonyl (C=O) groups excluding carboxylic acids is 4. The molecule has 12 heteroatoms. The van der Waals surface area contributed by atoms with Gasteiger partial charge in [-0.1, -0.05) is 19.1 Å². The maximum atomic E-state index is 12.4. The van der Waals surface area contributed by atoms with Crippen molar-refractivity contribution in [2.75, 3.05) is 27.7 Å². The van der Waals surface area contributed by atoms with Gasteiger partial charge in [0.15, 0.2) is 0 Å². The number of rotatable bonds is 8. The second kappa shape index (κ2) is 11.6. The van der Waals surface area contributed by atoms with Gasteiger partial charge < -0.3 is 20.8 Å². The van der Waals surface area contributed by atoms with Gasteiger partial charge >= 0.3 is 6.09 Å². The van der Waals surface area contributed by atoms with Crippen LogP contribution in [0.4, 0.5) is 4.79 Å². The van der Waals surface area contributed by atoms with E-state index >= 15 is 0 Å². The number of nitrogens with zero attached hydrogens (tertiary/aromatic N) is 3. The van der Waals surface area contributed by atoms with E-state index in [0.717, 1.165) is 0 Å². The fourth-order valence-electron chi connectivity index (χ4n) is 1.75. The zero-order valence-corrected chi connectivity index (χ0v) is 15.8.